The molecule has 0 aliphatic carbocycles. The molecule has 0 unspecified atom stereocenters. The lowest BCUT2D eigenvalue weighted by Crippen LogP contribution is -2.41. The van der Waals surface area contributed by atoms with Crippen molar-refractivity contribution < 1.29 is 19.4 Å². The number of carbonyl (C=O) groups is 2. The van der Waals surface area contributed by atoms with Crippen LogP contribution in [0.25, 0.3) is 0 Å². The lowest BCUT2D eigenvalue weighted by Gasteiger charge is -2.15. The van der Waals surface area contributed by atoms with Crippen LogP contribution in [0.1, 0.15) is 26.7 Å². The summed E-state index contributed by atoms with van der Waals surface area (Å²) in [5.74, 6) is -0.798. The van der Waals surface area contributed by atoms with Gasteiger partial charge in [0.15, 0.2) is 0 Å². The number of esters is 1. The summed E-state index contributed by atoms with van der Waals surface area (Å²) in [7, 11) is 0. The summed E-state index contributed by atoms with van der Waals surface area (Å²) in [5.41, 5.74) is 0. The number of carbonyl (C=O) groups excluding carboxylic acids is 2. The van der Waals surface area contributed by atoms with Crippen molar-refractivity contribution in [3.8, 4) is 0 Å². The molecular weight excluding hydrogens is 186 g/mol. The monoisotopic (exact) mass is 203 g/mol. The van der Waals surface area contributed by atoms with Gasteiger partial charge in [-0.1, -0.05) is 6.92 Å². The Morgan fingerprint density at radius 1 is 1.50 bits per heavy atom. The summed E-state index contributed by atoms with van der Waals surface area (Å²) in [6.07, 6.45) is 0.916. The van der Waals surface area contributed by atoms with Crippen LogP contribution in [0.3, 0.4) is 0 Å². The van der Waals surface area contributed by atoms with E-state index in [0.29, 0.717) is 6.61 Å². The van der Waals surface area contributed by atoms with E-state index in [4.69, 9.17) is 9.84 Å². The zero-order valence-corrected chi connectivity index (χ0v) is 8.58. The van der Waals surface area contributed by atoms with Gasteiger partial charge in [0, 0.05) is 20.0 Å². The minimum atomic E-state index is -0.732. The summed E-state index contributed by atoms with van der Waals surface area (Å²) in [4.78, 5) is 22.0. The number of nitrogens with one attached hydrogen (secondary N) is 1. The van der Waals surface area contributed by atoms with Crippen molar-refractivity contribution in [3.05, 3.63) is 0 Å². The van der Waals surface area contributed by atoms with Gasteiger partial charge in [-0.3, -0.25) is 4.79 Å². The molecule has 0 aliphatic heterocycles. The van der Waals surface area contributed by atoms with Crippen LogP contribution in [-0.2, 0) is 14.3 Å². The molecule has 0 heterocycles. The first-order valence-electron chi connectivity index (χ1n) is 4.66. The number of amides is 1. The van der Waals surface area contributed by atoms with Gasteiger partial charge >= 0.3 is 5.97 Å². The molecule has 1 amide bonds. The van der Waals surface area contributed by atoms with E-state index in [-0.39, 0.29) is 18.9 Å². The van der Waals surface area contributed by atoms with Crippen LogP contribution in [0.15, 0.2) is 0 Å². The Morgan fingerprint density at radius 2 is 2.14 bits per heavy atom. The Balaban J connectivity index is 4.03. The Morgan fingerprint density at radius 3 is 2.57 bits per heavy atom. The second-order valence-corrected chi connectivity index (χ2v) is 2.93. The maximum Gasteiger partial charge on any atom is 0.328 e. The molecule has 0 saturated carbocycles. The van der Waals surface area contributed by atoms with Gasteiger partial charge in [-0.15, -0.1) is 0 Å². The van der Waals surface area contributed by atoms with Crippen LogP contribution in [-0.4, -0.2) is 36.2 Å². The van der Waals surface area contributed by atoms with Crippen molar-refractivity contribution in [1.29, 1.82) is 0 Å². The van der Waals surface area contributed by atoms with Crippen LogP contribution in [0.4, 0.5) is 0 Å². The molecular formula is C9H17NO4. The second-order valence-electron chi connectivity index (χ2n) is 2.93. The Kier molecular flexibility index (Phi) is 6.74. The van der Waals surface area contributed by atoms with Crippen molar-refractivity contribution in [2.24, 2.45) is 0 Å². The first kappa shape index (κ1) is 12.9. The van der Waals surface area contributed by atoms with Gasteiger partial charge in [-0.25, -0.2) is 4.79 Å². The highest BCUT2D eigenvalue weighted by Gasteiger charge is 2.19. The predicted octanol–water partition coefficient (Wildman–Crippen LogP) is -0.173. The zero-order valence-electron chi connectivity index (χ0n) is 8.58. The van der Waals surface area contributed by atoms with Crippen LogP contribution in [0.2, 0.25) is 0 Å². The molecule has 0 radical (unpaired) electrons. The van der Waals surface area contributed by atoms with Crippen LogP contribution in [0.5, 0.6) is 0 Å². The van der Waals surface area contributed by atoms with E-state index in [1.807, 2.05) is 6.92 Å². The lowest BCUT2D eigenvalue weighted by molar-refractivity contribution is -0.148. The van der Waals surface area contributed by atoms with Crippen LogP contribution < -0.4 is 5.32 Å². The maximum absolute atomic E-state index is 11.3. The molecule has 14 heavy (non-hydrogen) atoms. The van der Waals surface area contributed by atoms with E-state index < -0.39 is 12.0 Å². The molecule has 0 aromatic rings. The summed E-state index contributed by atoms with van der Waals surface area (Å²) in [5, 5.41) is 11.1. The summed E-state index contributed by atoms with van der Waals surface area (Å²) >= 11 is 0. The molecule has 0 aromatic carbocycles. The molecule has 1 atom stereocenters. The second kappa shape index (κ2) is 7.32. The molecule has 0 rings (SSSR count). The fourth-order valence-electron chi connectivity index (χ4n) is 0.927. The van der Waals surface area contributed by atoms with Crippen LogP contribution in [0, 0.1) is 0 Å². The smallest absolute Gasteiger partial charge is 0.328 e. The molecule has 0 aromatic heterocycles. The topological polar surface area (TPSA) is 75.6 Å². The van der Waals surface area contributed by atoms with E-state index in [2.05, 4.69) is 5.32 Å². The average Bonchev–Trinajstić information content (AvgIpc) is 2.13. The summed E-state index contributed by atoms with van der Waals surface area (Å²) in [6, 6.07) is -0.732. The Labute approximate surface area is 83.4 Å². The normalized spacial score (nSPS) is 11.9. The molecule has 82 valence electrons. The van der Waals surface area contributed by atoms with Gasteiger partial charge in [0.2, 0.25) is 5.91 Å². The Hall–Kier alpha value is -1.10. The highest BCUT2D eigenvalue weighted by molar-refractivity contribution is 5.83. The SMILES string of the molecule is CCCOC(=O)[C@H](CCO)NC(C)=O. The minimum Gasteiger partial charge on any atom is -0.464 e. The third-order valence-electron chi connectivity index (χ3n) is 1.53. The van der Waals surface area contributed by atoms with Crippen molar-refractivity contribution in [2.45, 2.75) is 32.7 Å². The van der Waals surface area contributed by atoms with Crippen molar-refractivity contribution in [2.75, 3.05) is 13.2 Å². The zero-order chi connectivity index (χ0) is 11.0. The molecule has 2 N–H and O–H groups in total. The van der Waals surface area contributed by atoms with Gasteiger partial charge in [0.25, 0.3) is 0 Å². The standard InChI is InChI=1S/C9H17NO4/c1-3-6-14-9(13)8(4-5-11)10-7(2)12/h8,11H,3-6H2,1-2H3,(H,10,12)/t8-/m0/s1. The average molecular weight is 203 g/mol. The number of hydrogen-bond acceptors (Lipinski definition) is 4. The fourth-order valence-corrected chi connectivity index (χ4v) is 0.927. The van der Waals surface area contributed by atoms with Gasteiger partial charge in [-0.05, 0) is 6.42 Å². The van der Waals surface area contributed by atoms with Crippen LogP contribution >= 0.6 is 0 Å². The molecule has 0 aliphatic rings. The lowest BCUT2D eigenvalue weighted by atomic mass is 10.2. The van der Waals surface area contributed by atoms with Gasteiger partial charge in [0.1, 0.15) is 6.04 Å². The number of hydrogen-bond donors (Lipinski definition) is 2. The molecule has 0 spiro atoms. The molecule has 5 nitrogen and oxygen atoms in total. The fraction of sp³-hybridized carbons (Fsp3) is 0.778. The largest absolute Gasteiger partial charge is 0.464 e. The van der Waals surface area contributed by atoms with E-state index in [9.17, 15) is 9.59 Å². The van der Waals surface area contributed by atoms with Crippen molar-refractivity contribution >= 4 is 11.9 Å². The first-order chi connectivity index (χ1) is 6.61. The number of aliphatic hydroxyl groups is 1. The maximum atomic E-state index is 11.3. The number of rotatable bonds is 6. The van der Waals surface area contributed by atoms with Gasteiger partial charge in [-0.2, -0.15) is 0 Å². The van der Waals surface area contributed by atoms with E-state index >= 15 is 0 Å². The Bertz CT molecular complexity index is 193. The van der Waals surface area contributed by atoms with E-state index in [0.717, 1.165) is 6.42 Å². The summed E-state index contributed by atoms with van der Waals surface area (Å²) in [6.45, 7) is 3.37. The minimum absolute atomic E-state index is 0.161. The summed E-state index contributed by atoms with van der Waals surface area (Å²) < 4.78 is 4.84. The number of ether oxygens (including phenoxy) is 1. The molecule has 0 bridgehead atoms. The van der Waals surface area contributed by atoms with E-state index in [1.54, 1.807) is 0 Å². The third kappa shape index (κ3) is 5.53. The predicted molar refractivity (Wildman–Crippen MR) is 50.6 cm³/mol. The molecule has 5 heteroatoms. The van der Waals surface area contributed by atoms with E-state index in [1.165, 1.54) is 6.92 Å². The third-order valence-corrected chi connectivity index (χ3v) is 1.53. The first-order valence-corrected chi connectivity index (χ1v) is 4.66. The van der Waals surface area contributed by atoms with Gasteiger partial charge in [0.05, 0.1) is 6.61 Å². The van der Waals surface area contributed by atoms with Crippen molar-refractivity contribution in [1.82, 2.24) is 5.32 Å². The molecule has 0 saturated heterocycles. The van der Waals surface area contributed by atoms with Gasteiger partial charge < -0.3 is 15.2 Å². The highest BCUT2D eigenvalue weighted by Crippen LogP contribution is 1.96. The quantitative estimate of drug-likeness (QED) is 0.587. The highest BCUT2D eigenvalue weighted by atomic mass is 16.5. The van der Waals surface area contributed by atoms with Crippen molar-refractivity contribution in [3.63, 3.8) is 0 Å². The number of aliphatic hydroxyl groups excluding tert-OH is 1. The molecule has 0 fully saturated rings.